The Morgan fingerprint density at radius 3 is 2.79 bits per heavy atom. The van der Waals surface area contributed by atoms with Crippen LogP contribution in [-0.4, -0.2) is 22.3 Å². The molecule has 4 nitrogen and oxygen atoms in total. The lowest BCUT2D eigenvalue weighted by molar-refractivity contribution is 0.413. The van der Waals surface area contributed by atoms with Gasteiger partial charge in [-0.25, -0.2) is 0 Å². The minimum atomic E-state index is 0.155. The Morgan fingerprint density at radius 2 is 2.16 bits per heavy atom. The van der Waals surface area contributed by atoms with Crippen LogP contribution in [0, 0.1) is 0 Å². The zero-order valence-electron chi connectivity index (χ0n) is 11.4. The second kappa shape index (κ2) is 6.15. The highest BCUT2D eigenvalue weighted by Crippen LogP contribution is 2.32. The number of nitrogens with zero attached hydrogens (tertiary/aromatic N) is 2. The third-order valence-electron chi connectivity index (χ3n) is 2.50. The van der Waals surface area contributed by atoms with E-state index in [9.17, 15) is 0 Å². The fourth-order valence-corrected chi connectivity index (χ4v) is 3.06. The summed E-state index contributed by atoms with van der Waals surface area (Å²) in [6.45, 7) is 7.42. The number of aryl methyl sites for hydroxylation is 1. The molecule has 2 aromatic rings. The van der Waals surface area contributed by atoms with Crippen LogP contribution >= 0.6 is 27.3 Å². The molecule has 0 saturated carbocycles. The van der Waals surface area contributed by atoms with E-state index in [0.29, 0.717) is 11.8 Å². The van der Waals surface area contributed by atoms with Crippen LogP contribution in [0.5, 0.6) is 0 Å². The van der Waals surface area contributed by atoms with Crippen molar-refractivity contribution in [2.75, 3.05) is 6.54 Å². The van der Waals surface area contributed by atoms with Gasteiger partial charge in [0.1, 0.15) is 4.88 Å². The van der Waals surface area contributed by atoms with Gasteiger partial charge in [-0.2, -0.15) is 0 Å². The van der Waals surface area contributed by atoms with Crippen molar-refractivity contribution >= 4 is 27.3 Å². The Labute approximate surface area is 125 Å². The Hall–Kier alpha value is -0.720. The van der Waals surface area contributed by atoms with Gasteiger partial charge >= 0.3 is 0 Å². The first-order valence-electron chi connectivity index (χ1n) is 6.26. The second-order valence-corrected chi connectivity index (χ2v) is 7.15. The molecule has 0 aromatic carbocycles. The molecule has 0 radical (unpaired) electrons. The van der Waals surface area contributed by atoms with E-state index in [4.69, 9.17) is 4.42 Å². The van der Waals surface area contributed by atoms with E-state index in [1.54, 1.807) is 11.3 Å². The Balaban J connectivity index is 1.87. The van der Waals surface area contributed by atoms with Gasteiger partial charge in [-0.05, 0) is 61.1 Å². The van der Waals surface area contributed by atoms with Crippen molar-refractivity contribution < 1.29 is 4.42 Å². The summed E-state index contributed by atoms with van der Waals surface area (Å²) in [7, 11) is 0. The molecular weight excluding hydrogens is 326 g/mol. The van der Waals surface area contributed by atoms with Gasteiger partial charge in [0.2, 0.25) is 5.89 Å². The molecule has 2 heterocycles. The van der Waals surface area contributed by atoms with E-state index < -0.39 is 0 Å². The average molecular weight is 344 g/mol. The lowest BCUT2D eigenvalue weighted by Gasteiger charge is -2.19. The monoisotopic (exact) mass is 343 g/mol. The van der Waals surface area contributed by atoms with Crippen molar-refractivity contribution in [2.24, 2.45) is 0 Å². The van der Waals surface area contributed by atoms with E-state index in [1.807, 2.05) is 11.4 Å². The summed E-state index contributed by atoms with van der Waals surface area (Å²) < 4.78 is 6.67. The maximum Gasteiger partial charge on any atom is 0.258 e. The zero-order valence-corrected chi connectivity index (χ0v) is 13.8. The summed E-state index contributed by atoms with van der Waals surface area (Å²) in [6, 6.07) is 1.98. The van der Waals surface area contributed by atoms with E-state index >= 15 is 0 Å². The molecule has 0 unspecified atom stereocenters. The number of thiophene rings is 1. The number of nitrogens with one attached hydrogen (secondary N) is 1. The summed E-state index contributed by atoms with van der Waals surface area (Å²) >= 11 is 5.06. The average Bonchev–Trinajstić information content (AvgIpc) is 2.91. The molecule has 104 valence electrons. The topological polar surface area (TPSA) is 51.0 Å². The van der Waals surface area contributed by atoms with Crippen LogP contribution < -0.4 is 5.32 Å². The first-order chi connectivity index (χ1) is 8.96. The fraction of sp³-hybridized carbons (Fsp3) is 0.538. The molecule has 0 amide bonds. The molecular formula is C13H18BrN3OS. The quantitative estimate of drug-likeness (QED) is 0.837. The van der Waals surface area contributed by atoms with Gasteiger partial charge < -0.3 is 9.73 Å². The maximum absolute atomic E-state index is 5.67. The molecule has 1 N–H and O–H groups in total. The highest BCUT2D eigenvalue weighted by molar-refractivity contribution is 9.10. The van der Waals surface area contributed by atoms with Gasteiger partial charge in [0.25, 0.3) is 5.89 Å². The highest BCUT2D eigenvalue weighted by atomic mass is 79.9. The molecule has 19 heavy (non-hydrogen) atoms. The molecule has 0 fully saturated rings. The van der Waals surface area contributed by atoms with Crippen molar-refractivity contribution in [3.8, 4) is 10.8 Å². The number of halogens is 1. The number of hydrogen-bond acceptors (Lipinski definition) is 5. The van der Waals surface area contributed by atoms with Crippen LogP contribution in [0.4, 0.5) is 0 Å². The summed E-state index contributed by atoms with van der Waals surface area (Å²) in [5, 5.41) is 13.6. The summed E-state index contributed by atoms with van der Waals surface area (Å²) in [5.74, 6) is 1.30. The number of rotatable bonds is 5. The van der Waals surface area contributed by atoms with Crippen molar-refractivity contribution in [2.45, 2.75) is 39.2 Å². The Kier molecular flexibility index (Phi) is 4.76. The minimum Gasteiger partial charge on any atom is -0.420 e. The molecule has 2 rings (SSSR count). The molecule has 6 heteroatoms. The maximum atomic E-state index is 5.67. The van der Waals surface area contributed by atoms with Gasteiger partial charge in [-0.15, -0.1) is 21.5 Å². The van der Waals surface area contributed by atoms with E-state index in [-0.39, 0.29) is 5.54 Å². The molecule has 0 aliphatic rings. The predicted octanol–water partition coefficient (Wildman–Crippen LogP) is 3.88. The molecule has 0 bridgehead atoms. The van der Waals surface area contributed by atoms with Crippen molar-refractivity contribution in [1.82, 2.24) is 15.5 Å². The van der Waals surface area contributed by atoms with Gasteiger partial charge in [0.05, 0.1) is 0 Å². The first kappa shape index (κ1) is 14.7. The van der Waals surface area contributed by atoms with Crippen LogP contribution in [0.15, 0.2) is 20.3 Å². The normalized spacial score (nSPS) is 12.0. The predicted molar refractivity (Wildman–Crippen MR) is 81.4 cm³/mol. The van der Waals surface area contributed by atoms with E-state index in [1.165, 1.54) is 0 Å². The summed E-state index contributed by atoms with van der Waals surface area (Å²) in [4.78, 5) is 0.992. The molecule has 0 aliphatic heterocycles. The van der Waals surface area contributed by atoms with E-state index in [2.05, 4.69) is 52.2 Å². The van der Waals surface area contributed by atoms with Gasteiger partial charge in [-0.1, -0.05) is 0 Å². The van der Waals surface area contributed by atoms with E-state index in [0.717, 1.165) is 28.7 Å². The second-order valence-electron chi connectivity index (χ2n) is 5.38. The first-order valence-corrected chi connectivity index (χ1v) is 7.94. The third kappa shape index (κ3) is 4.40. The van der Waals surface area contributed by atoms with Crippen molar-refractivity contribution in [1.29, 1.82) is 0 Å². The van der Waals surface area contributed by atoms with Crippen LogP contribution in [0.3, 0.4) is 0 Å². The molecule has 0 saturated heterocycles. The van der Waals surface area contributed by atoms with Gasteiger partial charge in [0, 0.05) is 16.4 Å². The molecule has 0 atom stereocenters. The molecule has 0 spiro atoms. The van der Waals surface area contributed by atoms with Gasteiger partial charge in [-0.3, -0.25) is 0 Å². The number of aromatic nitrogens is 2. The largest absolute Gasteiger partial charge is 0.420 e. The smallest absolute Gasteiger partial charge is 0.258 e. The van der Waals surface area contributed by atoms with Crippen LogP contribution in [0.2, 0.25) is 0 Å². The van der Waals surface area contributed by atoms with Gasteiger partial charge in [0.15, 0.2) is 0 Å². The SMILES string of the molecule is CC(C)(C)NCCCc1nnc(-c2sccc2Br)o1. The standard InChI is InChI=1S/C13H18BrN3OS/c1-13(2,3)15-7-4-5-10-16-17-12(18-10)11-9(14)6-8-19-11/h6,8,15H,4-5,7H2,1-3H3. The lowest BCUT2D eigenvalue weighted by Crippen LogP contribution is -2.36. The minimum absolute atomic E-state index is 0.155. The van der Waals surface area contributed by atoms with Crippen LogP contribution in [0.1, 0.15) is 33.1 Å². The Bertz CT molecular complexity index is 530. The lowest BCUT2D eigenvalue weighted by atomic mass is 10.1. The third-order valence-corrected chi connectivity index (χ3v) is 4.33. The van der Waals surface area contributed by atoms with Crippen LogP contribution in [0.25, 0.3) is 10.8 Å². The fourth-order valence-electron chi connectivity index (χ4n) is 1.60. The summed E-state index contributed by atoms with van der Waals surface area (Å²) in [6.07, 6.45) is 1.80. The molecule has 0 aliphatic carbocycles. The van der Waals surface area contributed by atoms with Crippen molar-refractivity contribution in [3.05, 3.63) is 21.8 Å². The van der Waals surface area contributed by atoms with Crippen molar-refractivity contribution in [3.63, 3.8) is 0 Å². The highest BCUT2D eigenvalue weighted by Gasteiger charge is 2.13. The zero-order chi connectivity index (χ0) is 13.9. The summed E-state index contributed by atoms with van der Waals surface area (Å²) in [5.41, 5.74) is 0.155. The Morgan fingerprint density at radius 1 is 1.37 bits per heavy atom. The van der Waals surface area contributed by atoms with Crippen LogP contribution in [-0.2, 0) is 6.42 Å². The molecule has 2 aromatic heterocycles. The number of hydrogen-bond donors (Lipinski definition) is 1.